The largest absolute Gasteiger partial charge is 0.299 e. The Balaban J connectivity index is 2.39. The number of ketones is 1. The minimum absolute atomic E-state index is 0.412. The quantitative estimate of drug-likeness (QED) is 0.611. The van der Waals surface area contributed by atoms with Crippen LogP contribution >= 0.6 is 0 Å². The van der Waals surface area contributed by atoms with Crippen molar-refractivity contribution in [2.45, 2.75) is 46.0 Å². The predicted octanol–water partition coefficient (Wildman–Crippen LogP) is 2.79. The molecular weight excluding hydrogens is 136 g/mol. The van der Waals surface area contributed by atoms with Gasteiger partial charge in [-0.05, 0) is 18.8 Å². The molecule has 0 amide bonds. The summed E-state index contributed by atoms with van der Waals surface area (Å²) in [5, 5.41) is 0. The normalized spacial score (nSPS) is 27.5. The van der Waals surface area contributed by atoms with E-state index in [4.69, 9.17) is 0 Å². The molecule has 0 aromatic carbocycles. The molecule has 1 aliphatic rings. The summed E-state index contributed by atoms with van der Waals surface area (Å²) in [7, 11) is 0. The topological polar surface area (TPSA) is 17.1 Å². The van der Waals surface area contributed by atoms with Gasteiger partial charge in [-0.25, -0.2) is 0 Å². The van der Waals surface area contributed by atoms with Gasteiger partial charge >= 0.3 is 0 Å². The van der Waals surface area contributed by atoms with E-state index in [9.17, 15) is 4.79 Å². The zero-order valence-corrected chi connectivity index (χ0v) is 7.60. The number of hydrogen-bond acceptors (Lipinski definition) is 1. The van der Waals surface area contributed by atoms with Gasteiger partial charge in [0.25, 0.3) is 0 Å². The lowest BCUT2D eigenvalue weighted by Crippen LogP contribution is -2.15. The Morgan fingerprint density at radius 1 is 1.64 bits per heavy atom. The Bertz CT molecular complexity index is 140. The third-order valence-electron chi connectivity index (χ3n) is 2.78. The van der Waals surface area contributed by atoms with Gasteiger partial charge < -0.3 is 0 Å². The average molecular weight is 154 g/mol. The molecule has 0 radical (unpaired) electrons. The lowest BCUT2D eigenvalue weighted by Gasteiger charge is -2.15. The van der Waals surface area contributed by atoms with E-state index in [1.54, 1.807) is 0 Å². The first kappa shape index (κ1) is 8.76. The van der Waals surface area contributed by atoms with Gasteiger partial charge in [0, 0.05) is 12.3 Å². The molecule has 0 aromatic heterocycles. The molecule has 0 aromatic rings. The van der Waals surface area contributed by atoms with Crippen molar-refractivity contribution >= 4 is 5.78 Å². The van der Waals surface area contributed by atoms with Gasteiger partial charge in [0.1, 0.15) is 5.78 Å². The number of carbonyl (C=O) groups is 1. The molecule has 0 N–H and O–H groups in total. The minimum Gasteiger partial charge on any atom is -0.299 e. The van der Waals surface area contributed by atoms with E-state index < -0.39 is 0 Å². The maximum absolute atomic E-state index is 11.3. The summed E-state index contributed by atoms with van der Waals surface area (Å²) < 4.78 is 0. The zero-order valence-electron chi connectivity index (χ0n) is 7.60. The van der Waals surface area contributed by atoms with Crippen LogP contribution in [-0.4, -0.2) is 5.78 Å². The van der Waals surface area contributed by atoms with Crippen LogP contribution in [0.4, 0.5) is 0 Å². The van der Waals surface area contributed by atoms with Gasteiger partial charge in [0.15, 0.2) is 0 Å². The summed E-state index contributed by atoms with van der Waals surface area (Å²) in [6.45, 7) is 4.41. The fourth-order valence-electron chi connectivity index (χ4n) is 2.10. The molecule has 0 heterocycles. The average Bonchev–Trinajstić information content (AvgIpc) is 2.36. The number of rotatable bonds is 3. The van der Waals surface area contributed by atoms with Crippen LogP contribution in [0.2, 0.25) is 0 Å². The van der Waals surface area contributed by atoms with Gasteiger partial charge in [0.2, 0.25) is 0 Å². The number of Topliss-reactive ketones (excluding diaryl/α,β-unsaturated/α-hetero) is 1. The SMILES string of the molecule is CCCC(C)[C@@H]1CCCC1=O. The molecule has 1 fully saturated rings. The first-order chi connectivity index (χ1) is 5.25. The lowest BCUT2D eigenvalue weighted by atomic mass is 9.88. The summed E-state index contributed by atoms with van der Waals surface area (Å²) in [4.78, 5) is 11.3. The highest BCUT2D eigenvalue weighted by Gasteiger charge is 2.28. The van der Waals surface area contributed by atoms with Crippen molar-refractivity contribution in [1.82, 2.24) is 0 Å². The molecule has 1 heteroatoms. The van der Waals surface area contributed by atoms with Crippen LogP contribution in [0.3, 0.4) is 0 Å². The molecule has 0 saturated heterocycles. The van der Waals surface area contributed by atoms with Crippen LogP contribution < -0.4 is 0 Å². The molecule has 0 spiro atoms. The Hall–Kier alpha value is -0.330. The molecule has 11 heavy (non-hydrogen) atoms. The molecule has 1 unspecified atom stereocenters. The van der Waals surface area contributed by atoms with Gasteiger partial charge in [0.05, 0.1) is 0 Å². The summed E-state index contributed by atoms with van der Waals surface area (Å²) in [6, 6.07) is 0. The summed E-state index contributed by atoms with van der Waals surface area (Å²) >= 11 is 0. The Morgan fingerprint density at radius 3 is 2.82 bits per heavy atom. The maximum atomic E-state index is 11.3. The van der Waals surface area contributed by atoms with Crippen molar-refractivity contribution in [2.24, 2.45) is 11.8 Å². The van der Waals surface area contributed by atoms with Crippen LogP contribution in [-0.2, 0) is 4.79 Å². The predicted molar refractivity (Wildman–Crippen MR) is 46.4 cm³/mol. The molecule has 1 nitrogen and oxygen atoms in total. The molecule has 0 bridgehead atoms. The smallest absolute Gasteiger partial charge is 0.136 e. The van der Waals surface area contributed by atoms with E-state index in [0.29, 0.717) is 17.6 Å². The van der Waals surface area contributed by atoms with Crippen LogP contribution in [0.5, 0.6) is 0 Å². The van der Waals surface area contributed by atoms with Gasteiger partial charge in [-0.2, -0.15) is 0 Å². The molecular formula is C10H18O. The van der Waals surface area contributed by atoms with E-state index in [0.717, 1.165) is 19.3 Å². The second-order valence-electron chi connectivity index (χ2n) is 3.73. The van der Waals surface area contributed by atoms with Gasteiger partial charge in [-0.3, -0.25) is 4.79 Å². The van der Waals surface area contributed by atoms with Crippen molar-refractivity contribution in [2.75, 3.05) is 0 Å². The van der Waals surface area contributed by atoms with Crippen LogP contribution in [0.25, 0.3) is 0 Å². The van der Waals surface area contributed by atoms with E-state index in [1.807, 2.05) is 0 Å². The highest BCUT2D eigenvalue weighted by molar-refractivity contribution is 5.83. The van der Waals surface area contributed by atoms with Gasteiger partial charge in [-0.1, -0.05) is 26.7 Å². The highest BCUT2D eigenvalue weighted by atomic mass is 16.1. The number of carbonyl (C=O) groups excluding carboxylic acids is 1. The highest BCUT2D eigenvalue weighted by Crippen LogP contribution is 2.30. The lowest BCUT2D eigenvalue weighted by molar-refractivity contribution is -0.121. The zero-order chi connectivity index (χ0) is 8.27. The molecule has 0 aliphatic heterocycles. The van der Waals surface area contributed by atoms with E-state index in [-0.39, 0.29) is 0 Å². The fraction of sp³-hybridized carbons (Fsp3) is 0.900. The first-order valence-electron chi connectivity index (χ1n) is 4.78. The minimum atomic E-state index is 0.412. The third-order valence-corrected chi connectivity index (χ3v) is 2.78. The van der Waals surface area contributed by atoms with E-state index >= 15 is 0 Å². The summed E-state index contributed by atoms with van der Waals surface area (Å²) in [6.07, 6.45) is 5.57. The molecule has 1 rings (SSSR count). The Labute approximate surface area is 69.2 Å². The van der Waals surface area contributed by atoms with Crippen molar-refractivity contribution in [1.29, 1.82) is 0 Å². The maximum Gasteiger partial charge on any atom is 0.136 e. The van der Waals surface area contributed by atoms with Crippen LogP contribution in [0.15, 0.2) is 0 Å². The summed E-state index contributed by atoms with van der Waals surface area (Å²) in [5.41, 5.74) is 0. The number of hydrogen-bond donors (Lipinski definition) is 0. The van der Waals surface area contributed by atoms with Crippen LogP contribution in [0.1, 0.15) is 46.0 Å². The molecule has 1 aliphatic carbocycles. The van der Waals surface area contributed by atoms with Crippen molar-refractivity contribution < 1.29 is 4.79 Å². The third kappa shape index (κ3) is 2.05. The van der Waals surface area contributed by atoms with E-state index in [2.05, 4.69) is 13.8 Å². The van der Waals surface area contributed by atoms with Gasteiger partial charge in [-0.15, -0.1) is 0 Å². The summed E-state index contributed by atoms with van der Waals surface area (Å²) in [5.74, 6) is 1.57. The monoisotopic (exact) mass is 154 g/mol. The first-order valence-corrected chi connectivity index (χ1v) is 4.78. The fourth-order valence-corrected chi connectivity index (χ4v) is 2.10. The van der Waals surface area contributed by atoms with Crippen molar-refractivity contribution in [3.05, 3.63) is 0 Å². The van der Waals surface area contributed by atoms with E-state index in [1.165, 1.54) is 12.8 Å². The Morgan fingerprint density at radius 2 is 2.36 bits per heavy atom. The molecule has 64 valence electrons. The standard InChI is InChI=1S/C10H18O/c1-3-5-8(2)9-6-4-7-10(9)11/h8-9H,3-7H2,1-2H3/t8?,9-/m0/s1. The van der Waals surface area contributed by atoms with Crippen molar-refractivity contribution in [3.8, 4) is 0 Å². The second-order valence-corrected chi connectivity index (χ2v) is 3.73. The molecule has 2 atom stereocenters. The second kappa shape index (κ2) is 3.89. The molecule has 1 saturated carbocycles. The van der Waals surface area contributed by atoms with Crippen molar-refractivity contribution in [3.63, 3.8) is 0 Å². The van der Waals surface area contributed by atoms with Crippen LogP contribution in [0, 0.1) is 11.8 Å². The Kier molecular flexibility index (Phi) is 3.10.